The van der Waals surface area contributed by atoms with E-state index in [1.165, 1.54) is 0 Å². The molecule has 28 heavy (non-hydrogen) atoms. The van der Waals surface area contributed by atoms with E-state index in [1.54, 1.807) is 18.3 Å². The number of halogens is 1. The van der Waals surface area contributed by atoms with Crippen LogP contribution in [0.25, 0.3) is 0 Å². The van der Waals surface area contributed by atoms with Gasteiger partial charge in [0, 0.05) is 24.8 Å². The number of aliphatic hydroxyl groups is 1. The average Bonchev–Trinajstić information content (AvgIpc) is 2.71. The van der Waals surface area contributed by atoms with Gasteiger partial charge in [-0.15, -0.1) is 0 Å². The minimum absolute atomic E-state index is 0.193. The number of amides is 1. The first-order valence-corrected chi connectivity index (χ1v) is 9.44. The molecule has 0 bridgehead atoms. The molecular formula is C19H20ClN3O5. The van der Waals surface area contributed by atoms with Gasteiger partial charge < -0.3 is 24.6 Å². The summed E-state index contributed by atoms with van der Waals surface area (Å²) in [5.74, 6) is 0.414. The molecule has 0 unspecified atom stereocenters. The van der Waals surface area contributed by atoms with Crippen molar-refractivity contribution in [3.8, 4) is 11.6 Å². The lowest BCUT2D eigenvalue weighted by atomic mass is 10.0. The number of ether oxygens (including phenoxy) is 3. The Kier molecular flexibility index (Phi) is 5.61. The summed E-state index contributed by atoms with van der Waals surface area (Å²) < 4.78 is 16.7. The van der Waals surface area contributed by atoms with Crippen molar-refractivity contribution < 1.29 is 24.1 Å². The second-order valence-corrected chi connectivity index (χ2v) is 7.06. The molecule has 0 saturated carbocycles. The molecule has 4 rings (SSSR count). The summed E-state index contributed by atoms with van der Waals surface area (Å²) in [7, 11) is 0. The van der Waals surface area contributed by atoms with E-state index in [4.69, 9.17) is 25.8 Å². The Hall–Kier alpha value is -2.42. The number of hydrogen-bond acceptors (Lipinski definition) is 7. The van der Waals surface area contributed by atoms with Crippen LogP contribution in [-0.4, -0.2) is 59.6 Å². The lowest BCUT2D eigenvalue weighted by molar-refractivity contribution is -0.0140. The van der Waals surface area contributed by atoms with Gasteiger partial charge in [-0.2, -0.15) is 0 Å². The summed E-state index contributed by atoms with van der Waals surface area (Å²) in [5, 5.41) is 13.2. The molecule has 1 amide bonds. The van der Waals surface area contributed by atoms with Gasteiger partial charge in [0.15, 0.2) is 5.75 Å². The van der Waals surface area contributed by atoms with Crippen molar-refractivity contribution in [3.05, 3.63) is 46.4 Å². The molecule has 148 valence electrons. The standard InChI is InChI=1S/C19H20ClN3O5/c20-16-2-1-11(9-21-16)7-12-8-13(23-19-17(12)27-5-6-28-19)18(25)22-14-10-26-4-3-15(14)24/h1-2,8-9,14-15,24H,3-7,10H2,(H,22,25)/t14-,15-/m0/s1. The van der Waals surface area contributed by atoms with Crippen LogP contribution in [-0.2, 0) is 11.2 Å². The maximum atomic E-state index is 12.7. The lowest BCUT2D eigenvalue weighted by Gasteiger charge is -2.28. The normalized spacial score (nSPS) is 21.2. The predicted molar refractivity (Wildman–Crippen MR) is 100.0 cm³/mol. The fourth-order valence-electron chi connectivity index (χ4n) is 3.18. The first-order valence-electron chi connectivity index (χ1n) is 9.07. The van der Waals surface area contributed by atoms with Crippen LogP contribution in [0.1, 0.15) is 28.0 Å². The van der Waals surface area contributed by atoms with Gasteiger partial charge in [-0.1, -0.05) is 17.7 Å². The highest BCUT2D eigenvalue weighted by atomic mass is 35.5. The lowest BCUT2D eigenvalue weighted by Crippen LogP contribution is -2.49. The van der Waals surface area contributed by atoms with E-state index in [9.17, 15) is 9.90 Å². The molecule has 1 saturated heterocycles. The maximum Gasteiger partial charge on any atom is 0.270 e. The number of rotatable bonds is 4. The fourth-order valence-corrected chi connectivity index (χ4v) is 3.29. The Morgan fingerprint density at radius 1 is 1.29 bits per heavy atom. The molecule has 2 aromatic rings. The van der Waals surface area contributed by atoms with Crippen molar-refractivity contribution in [3.63, 3.8) is 0 Å². The third-order valence-corrected chi connectivity index (χ3v) is 4.86. The first-order chi connectivity index (χ1) is 13.6. The molecule has 0 aromatic carbocycles. The third kappa shape index (κ3) is 4.19. The van der Waals surface area contributed by atoms with Crippen LogP contribution < -0.4 is 14.8 Å². The van der Waals surface area contributed by atoms with Crippen molar-refractivity contribution in [1.29, 1.82) is 0 Å². The Labute approximate surface area is 166 Å². The number of nitrogens with zero attached hydrogens (tertiary/aromatic N) is 2. The molecule has 4 heterocycles. The van der Waals surface area contributed by atoms with Crippen molar-refractivity contribution in [2.75, 3.05) is 26.4 Å². The van der Waals surface area contributed by atoms with E-state index in [0.717, 1.165) is 11.1 Å². The van der Waals surface area contributed by atoms with Gasteiger partial charge in [0.25, 0.3) is 11.8 Å². The number of aliphatic hydroxyl groups excluding tert-OH is 1. The number of aromatic nitrogens is 2. The minimum atomic E-state index is -0.644. The van der Waals surface area contributed by atoms with Crippen molar-refractivity contribution in [1.82, 2.24) is 15.3 Å². The zero-order valence-corrected chi connectivity index (χ0v) is 15.8. The zero-order valence-electron chi connectivity index (χ0n) is 15.1. The predicted octanol–water partition coefficient (Wildman–Crippen LogP) is 1.37. The van der Waals surface area contributed by atoms with Crippen LogP contribution in [0.2, 0.25) is 5.15 Å². The van der Waals surface area contributed by atoms with Crippen molar-refractivity contribution in [2.45, 2.75) is 25.0 Å². The van der Waals surface area contributed by atoms with Crippen LogP contribution in [0, 0.1) is 0 Å². The molecule has 2 atom stereocenters. The molecule has 8 nitrogen and oxygen atoms in total. The van der Waals surface area contributed by atoms with Crippen LogP contribution in [0.4, 0.5) is 0 Å². The summed E-state index contributed by atoms with van der Waals surface area (Å²) in [6, 6.07) is 4.77. The molecule has 0 radical (unpaired) electrons. The Balaban J connectivity index is 1.60. The average molecular weight is 406 g/mol. The highest BCUT2D eigenvalue weighted by Crippen LogP contribution is 2.34. The fraction of sp³-hybridized carbons (Fsp3) is 0.421. The van der Waals surface area contributed by atoms with Crippen molar-refractivity contribution >= 4 is 17.5 Å². The van der Waals surface area contributed by atoms with Gasteiger partial charge in [-0.25, -0.2) is 9.97 Å². The first kappa shape index (κ1) is 18.9. The SMILES string of the molecule is O=C(N[C@H]1COCC[C@@H]1O)c1cc(Cc2ccc(Cl)nc2)c2c(n1)OCCO2. The Morgan fingerprint density at radius 2 is 2.14 bits per heavy atom. The summed E-state index contributed by atoms with van der Waals surface area (Å²) in [6.07, 6.45) is 1.99. The van der Waals surface area contributed by atoms with Crippen LogP contribution in [0.5, 0.6) is 11.6 Å². The highest BCUT2D eigenvalue weighted by molar-refractivity contribution is 6.29. The monoisotopic (exact) mass is 405 g/mol. The van der Waals surface area contributed by atoms with Gasteiger partial charge in [-0.3, -0.25) is 4.79 Å². The Morgan fingerprint density at radius 3 is 2.93 bits per heavy atom. The summed E-state index contributed by atoms with van der Waals surface area (Å²) in [4.78, 5) is 21.1. The number of hydrogen-bond donors (Lipinski definition) is 2. The van der Waals surface area contributed by atoms with Gasteiger partial charge in [0.05, 0.1) is 18.8 Å². The number of pyridine rings is 2. The number of nitrogens with one attached hydrogen (secondary N) is 1. The molecule has 2 N–H and O–H groups in total. The van der Waals surface area contributed by atoms with Gasteiger partial charge in [0.1, 0.15) is 24.1 Å². The largest absolute Gasteiger partial charge is 0.484 e. The van der Waals surface area contributed by atoms with E-state index >= 15 is 0 Å². The summed E-state index contributed by atoms with van der Waals surface area (Å²) in [5.41, 5.74) is 1.87. The van der Waals surface area contributed by atoms with Crippen LogP contribution in [0.15, 0.2) is 24.4 Å². The van der Waals surface area contributed by atoms with E-state index in [2.05, 4.69) is 15.3 Å². The second-order valence-electron chi connectivity index (χ2n) is 6.67. The topological polar surface area (TPSA) is 103 Å². The minimum Gasteiger partial charge on any atom is -0.484 e. The molecule has 2 aliphatic heterocycles. The van der Waals surface area contributed by atoms with E-state index in [-0.39, 0.29) is 18.2 Å². The maximum absolute atomic E-state index is 12.7. The van der Waals surface area contributed by atoms with Crippen molar-refractivity contribution in [2.24, 2.45) is 0 Å². The second kappa shape index (κ2) is 8.30. The molecule has 9 heteroatoms. The van der Waals surface area contributed by atoms with Gasteiger partial charge in [-0.05, 0) is 24.1 Å². The van der Waals surface area contributed by atoms with Gasteiger partial charge in [0.2, 0.25) is 0 Å². The molecule has 2 aromatic heterocycles. The molecule has 0 spiro atoms. The molecular weight excluding hydrogens is 386 g/mol. The van der Waals surface area contributed by atoms with Crippen LogP contribution in [0.3, 0.4) is 0 Å². The van der Waals surface area contributed by atoms with E-state index in [1.807, 2.05) is 6.07 Å². The van der Waals surface area contributed by atoms with Gasteiger partial charge >= 0.3 is 0 Å². The molecule has 0 aliphatic carbocycles. The number of fused-ring (bicyclic) bond motifs is 1. The Bertz CT molecular complexity index is 861. The quantitative estimate of drug-likeness (QED) is 0.740. The van der Waals surface area contributed by atoms with E-state index in [0.29, 0.717) is 43.6 Å². The molecule has 2 aliphatic rings. The van der Waals surface area contributed by atoms with Crippen LogP contribution >= 0.6 is 11.6 Å². The smallest absolute Gasteiger partial charge is 0.270 e. The zero-order chi connectivity index (χ0) is 19.5. The van der Waals surface area contributed by atoms with E-state index < -0.39 is 18.1 Å². The highest BCUT2D eigenvalue weighted by Gasteiger charge is 2.28. The summed E-state index contributed by atoms with van der Waals surface area (Å²) in [6.45, 7) is 1.52. The third-order valence-electron chi connectivity index (χ3n) is 4.64. The summed E-state index contributed by atoms with van der Waals surface area (Å²) >= 11 is 5.85. The number of carbonyl (C=O) groups is 1. The molecule has 1 fully saturated rings. The number of carbonyl (C=O) groups excluding carboxylic acids is 1.